The predicted octanol–water partition coefficient (Wildman–Crippen LogP) is 1.87. The molecule has 0 saturated carbocycles. The molecule has 0 aliphatic carbocycles. The molecule has 2 N–H and O–H groups in total. The molecule has 0 aliphatic heterocycles. The molecule has 21 heavy (non-hydrogen) atoms. The number of nitrogens with zero attached hydrogens (tertiary/aromatic N) is 3. The highest BCUT2D eigenvalue weighted by Crippen LogP contribution is 2.16. The van der Waals surface area contributed by atoms with E-state index in [9.17, 15) is 4.79 Å². The number of hydrogen-bond donors (Lipinski definition) is 2. The van der Waals surface area contributed by atoms with Crippen molar-refractivity contribution in [1.82, 2.24) is 20.4 Å². The second-order valence-corrected chi connectivity index (χ2v) is 5.01. The molecular weight excluding hydrogens is 270 g/mol. The first-order chi connectivity index (χ1) is 10.0. The summed E-state index contributed by atoms with van der Waals surface area (Å²) in [6.07, 6.45) is 1.62. The average molecular weight is 289 g/mol. The van der Waals surface area contributed by atoms with Crippen molar-refractivity contribution in [3.8, 4) is 0 Å². The Kier molecular flexibility index (Phi) is 4.52. The van der Waals surface area contributed by atoms with Gasteiger partial charge in [-0.3, -0.25) is 4.79 Å². The predicted molar refractivity (Wildman–Crippen MR) is 78.1 cm³/mol. The smallest absolute Gasteiger partial charge is 0.272 e. The van der Waals surface area contributed by atoms with E-state index >= 15 is 0 Å². The highest BCUT2D eigenvalue weighted by atomic mass is 16.5. The summed E-state index contributed by atoms with van der Waals surface area (Å²) in [5.41, 5.74) is 1.69. The number of carbonyl (C=O) groups excluding carboxylic acids is 1. The molecule has 2 aromatic rings. The number of carbonyl (C=O) groups is 1. The van der Waals surface area contributed by atoms with Crippen LogP contribution in [0.1, 0.15) is 47.5 Å². The van der Waals surface area contributed by atoms with Crippen molar-refractivity contribution >= 4 is 11.6 Å². The number of aromatic nitrogens is 3. The van der Waals surface area contributed by atoms with Gasteiger partial charge in [0.1, 0.15) is 5.82 Å². The minimum atomic E-state index is -0.280. The average Bonchev–Trinajstić information content (AvgIpc) is 2.89. The number of amides is 1. The molecule has 0 fully saturated rings. The van der Waals surface area contributed by atoms with Crippen LogP contribution in [0, 0.1) is 6.92 Å². The minimum Gasteiger partial charge on any atom is -0.385 e. The molecule has 0 saturated heterocycles. The molecule has 0 aromatic carbocycles. The minimum absolute atomic E-state index is 0.152. The van der Waals surface area contributed by atoms with E-state index in [-0.39, 0.29) is 18.4 Å². The van der Waals surface area contributed by atoms with Gasteiger partial charge in [-0.15, -0.1) is 0 Å². The molecule has 0 unspecified atom stereocenters. The zero-order valence-electron chi connectivity index (χ0n) is 12.6. The van der Waals surface area contributed by atoms with Crippen LogP contribution in [0.5, 0.6) is 0 Å². The summed E-state index contributed by atoms with van der Waals surface area (Å²) < 4.78 is 5.06. The SMILES string of the molecule is CNc1cnc(C(C)C)nc1C(=O)NCc1cc(C)no1. The lowest BCUT2D eigenvalue weighted by molar-refractivity contribution is 0.0942. The van der Waals surface area contributed by atoms with Crippen LogP contribution >= 0.6 is 0 Å². The first-order valence-corrected chi connectivity index (χ1v) is 6.76. The number of rotatable bonds is 5. The lowest BCUT2D eigenvalue weighted by Crippen LogP contribution is -2.25. The summed E-state index contributed by atoms with van der Waals surface area (Å²) in [6, 6.07) is 1.78. The molecule has 0 aliphatic rings. The van der Waals surface area contributed by atoms with Crippen LogP contribution in [0.4, 0.5) is 5.69 Å². The van der Waals surface area contributed by atoms with Gasteiger partial charge in [0, 0.05) is 19.0 Å². The third-order valence-corrected chi connectivity index (χ3v) is 2.91. The van der Waals surface area contributed by atoms with E-state index in [0.717, 1.165) is 5.69 Å². The molecule has 1 amide bonds. The van der Waals surface area contributed by atoms with Crippen LogP contribution in [-0.4, -0.2) is 28.1 Å². The highest BCUT2D eigenvalue weighted by molar-refractivity contribution is 5.97. The molecule has 2 rings (SSSR count). The number of hydrogen-bond acceptors (Lipinski definition) is 6. The topological polar surface area (TPSA) is 92.9 Å². The van der Waals surface area contributed by atoms with Gasteiger partial charge >= 0.3 is 0 Å². The van der Waals surface area contributed by atoms with E-state index in [0.29, 0.717) is 23.0 Å². The van der Waals surface area contributed by atoms with E-state index in [1.54, 1.807) is 19.3 Å². The molecule has 112 valence electrons. The maximum absolute atomic E-state index is 12.3. The van der Waals surface area contributed by atoms with Crippen molar-refractivity contribution in [3.63, 3.8) is 0 Å². The number of aryl methyl sites for hydroxylation is 1. The molecular formula is C14H19N5O2. The van der Waals surface area contributed by atoms with Crippen LogP contribution in [0.15, 0.2) is 16.8 Å². The molecule has 0 atom stereocenters. The van der Waals surface area contributed by atoms with Crippen LogP contribution < -0.4 is 10.6 Å². The fourth-order valence-electron chi connectivity index (χ4n) is 1.78. The van der Waals surface area contributed by atoms with Crippen LogP contribution in [0.2, 0.25) is 0 Å². The van der Waals surface area contributed by atoms with Crippen molar-refractivity contribution in [1.29, 1.82) is 0 Å². The highest BCUT2D eigenvalue weighted by Gasteiger charge is 2.16. The zero-order chi connectivity index (χ0) is 15.4. The Morgan fingerprint density at radius 3 is 2.76 bits per heavy atom. The Morgan fingerprint density at radius 1 is 1.43 bits per heavy atom. The van der Waals surface area contributed by atoms with Gasteiger partial charge < -0.3 is 15.2 Å². The molecule has 0 bridgehead atoms. The second kappa shape index (κ2) is 6.34. The van der Waals surface area contributed by atoms with Crippen molar-refractivity contribution in [2.24, 2.45) is 0 Å². The number of nitrogens with one attached hydrogen (secondary N) is 2. The van der Waals surface area contributed by atoms with Crippen molar-refractivity contribution in [2.45, 2.75) is 33.2 Å². The Balaban J connectivity index is 2.15. The fourth-order valence-corrected chi connectivity index (χ4v) is 1.78. The van der Waals surface area contributed by atoms with E-state index < -0.39 is 0 Å². The molecule has 7 heteroatoms. The van der Waals surface area contributed by atoms with E-state index in [4.69, 9.17) is 4.52 Å². The quantitative estimate of drug-likeness (QED) is 0.872. The summed E-state index contributed by atoms with van der Waals surface area (Å²) in [4.78, 5) is 20.8. The molecule has 7 nitrogen and oxygen atoms in total. The van der Waals surface area contributed by atoms with Gasteiger partial charge in [0.25, 0.3) is 5.91 Å². The van der Waals surface area contributed by atoms with Gasteiger partial charge in [0.2, 0.25) is 0 Å². The van der Waals surface area contributed by atoms with Gasteiger partial charge in [0.05, 0.1) is 24.1 Å². The summed E-state index contributed by atoms with van der Waals surface area (Å²) in [6.45, 7) is 6.05. The third kappa shape index (κ3) is 3.56. The monoisotopic (exact) mass is 289 g/mol. The first-order valence-electron chi connectivity index (χ1n) is 6.76. The zero-order valence-corrected chi connectivity index (χ0v) is 12.6. The maximum atomic E-state index is 12.3. The summed E-state index contributed by atoms with van der Waals surface area (Å²) in [5, 5.41) is 9.46. The Labute approximate surface area is 123 Å². The normalized spacial score (nSPS) is 10.7. The van der Waals surface area contributed by atoms with Crippen molar-refractivity contribution in [3.05, 3.63) is 35.2 Å². The largest absolute Gasteiger partial charge is 0.385 e. The Bertz CT molecular complexity index is 636. The van der Waals surface area contributed by atoms with E-state index in [1.807, 2.05) is 20.8 Å². The lowest BCUT2D eigenvalue weighted by Gasteiger charge is -2.11. The molecule has 0 spiro atoms. The van der Waals surface area contributed by atoms with Crippen LogP contribution in [-0.2, 0) is 6.54 Å². The van der Waals surface area contributed by atoms with E-state index in [2.05, 4.69) is 25.8 Å². The summed E-state index contributed by atoms with van der Waals surface area (Å²) >= 11 is 0. The summed E-state index contributed by atoms with van der Waals surface area (Å²) in [7, 11) is 1.73. The van der Waals surface area contributed by atoms with E-state index in [1.165, 1.54) is 0 Å². The van der Waals surface area contributed by atoms with Gasteiger partial charge in [-0.2, -0.15) is 0 Å². The fraction of sp³-hybridized carbons (Fsp3) is 0.429. The lowest BCUT2D eigenvalue weighted by atomic mass is 10.2. The standard InChI is InChI=1S/C14H19N5O2/c1-8(2)13-16-7-11(15-4)12(18-13)14(20)17-6-10-5-9(3)19-21-10/h5,7-8,15H,6H2,1-4H3,(H,17,20). The van der Waals surface area contributed by atoms with Crippen LogP contribution in [0.3, 0.4) is 0 Å². The Hall–Kier alpha value is -2.44. The van der Waals surface area contributed by atoms with Gasteiger partial charge in [-0.25, -0.2) is 9.97 Å². The first kappa shape index (κ1) is 15.0. The van der Waals surface area contributed by atoms with Gasteiger partial charge in [-0.05, 0) is 6.92 Å². The van der Waals surface area contributed by atoms with Gasteiger partial charge in [0.15, 0.2) is 11.5 Å². The van der Waals surface area contributed by atoms with Crippen molar-refractivity contribution < 1.29 is 9.32 Å². The van der Waals surface area contributed by atoms with Gasteiger partial charge in [-0.1, -0.05) is 19.0 Å². The number of anilines is 1. The second-order valence-electron chi connectivity index (χ2n) is 5.01. The van der Waals surface area contributed by atoms with Crippen LogP contribution in [0.25, 0.3) is 0 Å². The molecule has 2 aromatic heterocycles. The van der Waals surface area contributed by atoms with Crippen molar-refractivity contribution in [2.75, 3.05) is 12.4 Å². The third-order valence-electron chi connectivity index (χ3n) is 2.91. The summed E-state index contributed by atoms with van der Waals surface area (Å²) in [5.74, 6) is 1.11. The molecule has 0 radical (unpaired) electrons. The maximum Gasteiger partial charge on any atom is 0.272 e. The Morgan fingerprint density at radius 2 is 2.19 bits per heavy atom. The molecule has 2 heterocycles.